The maximum absolute atomic E-state index is 5.62. The molecule has 1 aromatic heterocycles. The maximum Gasteiger partial charge on any atom is 0.232 e. The Morgan fingerprint density at radius 3 is 2.69 bits per heavy atom. The second-order valence-electron chi connectivity index (χ2n) is 4.06. The molecule has 0 aliphatic heterocycles. The van der Waals surface area contributed by atoms with E-state index in [1.165, 1.54) is 31.9 Å². The molecule has 0 aromatic carbocycles. The Labute approximate surface area is 97.2 Å². The predicted octanol–water partition coefficient (Wildman–Crippen LogP) is 2.80. The Balaban J connectivity index is 2.23. The molecule has 0 bridgehead atoms. The van der Waals surface area contributed by atoms with Crippen LogP contribution in [0.2, 0.25) is 0 Å². The first-order valence-electron chi connectivity index (χ1n) is 5.96. The van der Waals surface area contributed by atoms with E-state index in [0.29, 0.717) is 11.7 Å². The normalized spacial score (nSPS) is 12.4. The fourth-order valence-corrected chi connectivity index (χ4v) is 1.51. The van der Waals surface area contributed by atoms with Gasteiger partial charge in [-0.1, -0.05) is 26.2 Å². The van der Waals surface area contributed by atoms with Gasteiger partial charge in [-0.15, -0.1) is 0 Å². The van der Waals surface area contributed by atoms with Gasteiger partial charge >= 0.3 is 0 Å². The van der Waals surface area contributed by atoms with Gasteiger partial charge in [0.15, 0.2) is 0 Å². The summed E-state index contributed by atoms with van der Waals surface area (Å²) in [5.41, 5.74) is 5.44. The third-order valence-corrected chi connectivity index (χ3v) is 2.43. The van der Waals surface area contributed by atoms with Crippen LogP contribution in [0.3, 0.4) is 0 Å². The average molecular weight is 223 g/mol. The number of hydrogen-bond acceptors (Lipinski definition) is 4. The highest BCUT2D eigenvalue weighted by atomic mass is 16.5. The number of nitrogen functional groups attached to an aromatic ring is 1. The summed E-state index contributed by atoms with van der Waals surface area (Å²) in [6, 6.07) is 0. The number of anilines is 1. The van der Waals surface area contributed by atoms with Crippen molar-refractivity contribution in [2.24, 2.45) is 0 Å². The van der Waals surface area contributed by atoms with Crippen LogP contribution in [0.15, 0.2) is 12.4 Å². The van der Waals surface area contributed by atoms with E-state index in [0.717, 1.165) is 6.42 Å². The summed E-state index contributed by atoms with van der Waals surface area (Å²) in [5.74, 6) is 0.972. The molecule has 2 N–H and O–H groups in total. The monoisotopic (exact) mass is 223 g/mol. The van der Waals surface area contributed by atoms with Crippen LogP contribution in [0, 0.1) is 0 Å². The van der Waals surface area contributed by atoms with Crippen molar-refractivity contribution >= 4 is 5.82 Å². The van der Waals surface area contributed by atoms with Gasteiger partial charge in [0.25, 0.3) is 0 Å². The van der Waals surface area contributed by atoms with Crippen molar-refractivity contribution in [3.63, 3.8) is 0 Å². The van der Waals surface area contributed by atoms with Gasteiger partial charge in [0, 0.05) is 0 Å². The van der Waals surface area contributed by atoms with Gasteiger partial charge in [0.05, 0.1) is 18.5 Å². The Bertz CT molecular complexity index is 287. The highest BCUT2D eigenvalue weighted by Gasteiger charge is 2.04. The minimum atomic E-state index is 0.190. The molecule has 16 heavy (non-hydrogen) atoms. The average Bonchev–Trinajstić information content (AvgIpc) is 2.28. The van der Waals surface area contributed by atoms with Gasteiger partial charge < -0.3 is 10.5 Å². The summed E-state index contributed by atoms with van der Waals surface area (Å²) in [6.45, 7) is 4.27. The van der Waals surface area contributed by atoms with Crippen LogP contribution < -0.4 is 10.5 Å². The second kappa shape index (κ2) is 7.04. The molecule has 0 saturated heterocycles. The van der Waals surface area contributed by atoms with Gasteiger partial charge in [-0.05, 0) is 19.8 Å². The molecule has 1 aromatic rings. The van der Waals surface area contributed by atoms with Gasteiger partial charge in [-0.2, -0.15) is 0 Å². The number of rotatable bonds is 7. The summed E-state index contributed by atoms with van der Waals surface area (Å²) >= 11 is 0. The van der Waals surface area contributed by atoms with Gasteiger partial charge in [0.2, 0.25) is 5.88 Å². The fourth-order valence-electron chi connectivity index (χ4n) is 1.51. The van der Waals surface area contributed by atoms with Crippen LogP contribution in [-0.2, 0) is 0 Å². The predicted molar refractivity (Wildman–Crippen MR) is 65.3 cm³/mol. The first-order valence-corrected chi connectivity index (χ1v) is 5.96. The van der Waals surface area contributed by atoms with Crippen LogP contribution in [0.4, 0.5) is 5.82 Å². The van der Waals surface area contributed by atoms with E-state index >= 15 is 0 Å². The standard InChI is InChI=1S/C12H21N3O/c1-3-4-5-6-7-10(2)16-12-9-14-11(13)8-15-12/h8-10H,3-7H2,1-2H3,(H2,13,14). The number of aromatic nitrogens is 2. The fraction of sp³-hybridized carbons (Fsp3) is 0.667. The minimum Gasteiger partial charge on any atom is -0.474 e. The zero-order valence-corrected chi connectivity index (χ0v) is 10.1. The van der Waals surface area contributed by atoms with Crippen LogP contribution in [0.25, 0.3) is 0 Å². The maximum atomic E-state index is 5.62. The van der Waals surface area contributed by atoms with E-state index in [-0.39, 0.29) is 6.10 Å². The van der Waals surface area contributed by atoms with Crippen LogP contribution in [0.5, 0.6) is 5.88 Å². The lowest BCUT2D eigenvalue weighted by atomic mass is 10.1. The lowest BCUT2D eigenvalue weighted by Gasteiger charge is -2.13. The zero-order valence-electron chi connectivity index (χ0n) is 10.1. The van der Waals surface area contributed by atoms with Crippen molar-refractivity contribution < 1.29 is 4.74 Å². The summed E-state index contributed by atoms with van der Waals surface area (Å²) in [4.78, 5) is 7.99. The molecule has 1 heterocycles. The molecule has 0 fully saturated rings. The Kier molecular flexibility index (Phi) is 5.61. The molecule has 0 aliphatic rings. The van der Waals surface area contributed by atoms with Gasteiger partial charge in [-0.25, -0.2) is 9.97 Å². The number of ether oxygens (including phenoxy) is 1. The molecule has 90 valence electrons. The molecular weight excluding hydrogens is 202 g/mol. The largest absolute Gasteiger partial charge is 0.474 e. The molecular formula is C12H21N3O. The van der Waals surface area contributed by atoms with Crippen LogP contribution in [0.1, 0.15) is 46.0 Å². The van der Waals surface area contributed by atoms with E-state index in [4.69, 9.17) is 10.5 Å². The van der Waals surface area contributed by atoms with Crippen molar-refractivity contribution in [3.8, 4) is 5.88 Å². The van der Waals surface area contributed by atoms with Crippen LogP contribution >= 0.6 is 0 Å². The van der Waals surface area contributed by atoms with Crippen molar-refractivity contribution in [3.05, 3.63) is 12.4 Å². The van der Waals surface area contributed by atoms with Gasteiger partial charge in [0.1, 0.15) is 5.82 Å². The smallest absolute Gasteiger partial charge is 0.232 e. The number of hydrogen-bond donors (Lipinski definition) is 1. The quantitative estimate of drug-likeness (QED) is 0.722. The highest BCUT2D eigenvalue weighted by molar-refractivity contribution is 5.24. The highest BCUT2D eigenvalue weighted by Crippen LogP contribution is 2.12. The van der Waals surface area contributed by atoms with Crippen molar-refractivity contribution in [2.75, 3.05) is 5.73 Å². The SMILES string of the molecule is CCCCCCC(C)Oc1cnc(N)cn1. The molecule has 4 heteroatoms. The topological polar surface area (TPSA) is 61.0 Å². The molecule has 0 saturated carbocycles. The summed E-state index contributed by atoms with van der Waals surface area (Å²) in [5, 5.41) is 0. The molecule has 1 unspecified atom stereocenters. The zero-order chi connectivity index (χ0) is 11.8. The molecule has 1 atom stereocenters. The van der Waals surface area contributed by atoms with E-state index < -0.39 is 0 Å². The summed E-state index contributed by atoms with van der Waals surface area (Å²) < 4.78 is 5.62. The first kappa shape index (κ1) is 12.7. The van der Waals surface area contributed by atoms with Crippen molar-refractivity contribution in [1.82, 2.24) is 9.97 Å². The number of nitrogens with zero attached hydrogens (tertiary/aromatic N) is 2. The molecule has 0 aliphatic carbocycles. The Hall–Kier alpha value is -1.32. The number of nitrogens with two attached hydrogens (primary N) is 1. The van der Waals surface area contributed by atoms with Gasteiger partial charge in [-0.3, -0.25) is 0 Å². The molecule has 0 radical (unpaired) electrons. The van der Waals surface area contributed by atoms with E-state index in [1.54, 1.807) is 6.20 Å². The third kappa shape index (κ3) is 4.96. The number of unbranched alkanes of at least 4 members (excludes halogenated alkanes) is 3. The molecule has 0 spiro atoms. The Morgan fingerprint density at radius 1 is 1.25 bits per heavy atom. The third-order valence-electron chi connectivity index (χ3n) is 2.43. The first-order chi connectivity index (χ1) is 7.72. The van der Waals surface area contributed by atoms with Crippen molar-refractivity contribution in [1.29, 1.82) is 0 Å². The summed E-state index contributed by atoms with van der Waals surface area (Å²) in [7, 11) is 0. The van der Waals surface area contributed by atoms with E-state index in [1.807, 2.05) is 0 Å². The lowest BCUT2D eigenvalue weighted by Crippen LogP contribution is -2.12. The second-order valence-corrected chi connectivity index (χ2v) is 4.06. The van der Waals surface area contributed by atoms with Crippen molar-refractivity contribution in [2.45, 2.75) is 52.1 Å². The Morgan fingerprint density at radius 2 is 2.06 bits per heavy atom. The van der Waals surface area contributed by atoms with Crippen LogP contribution in [-0.4, -0.2) is 16.1 Å². The molecule has 4 nitrogen and oxygen atoms in total. The summed E-state index contributed by atoms with van der Waals surface area (Å²) in [6.07, 6.45) is 9.38. The minimum absolute atomic E-state index is 0.190. The van der Waals surface area contributed by atoms with E-state index in [2.05, 4.69) is 23.8 Å². The lowest BCUT2D eigenvalue weighted by molar-refractivity contribution is 0.197. The molecule has 0 amide bonds. The van der Waals surface area contributed by atoms with E-state index in [9.17, 15) is 0 Å². The molecule has 1 rings (SSSR count).